The molecule has 134 valence electrons. The first-order valence-electron chi connectivity index (χ1n) is 7.39. The minimum absolute atomic E-state index is 0.152. The molecule has 2 rings (SSSR count). The van der Waals surface area contributed by atoms with E-state index in [4.69, 9.17) is 0 Å². The Morgan fingerprint density at radius 1 is 1.08 bits per heavy atom. The molecule has 0 amide bonds. The van der Waals surface area contributed by atoms with Crippen LogP contribution in [0.5, 0.6) is 0 Å². The molecule has 0 saturated heterocycles. The molecule has 0 aliphatic heterocycles. The Kier molecular flexibility index (Phi) is 6.21. The molecule has 2 atom stereocenters. The number of benzene rings is 2. The second-order valence-electron chi connectivity index (χ2n) is 5.45. The molecule has 0 bridgehead atoms. The van der Waals surface area contributed by atoms with E-state index in [1.807, 2.05) is 0 Å². The molecule has 8 nitrogen and oxygen atoms in total. The molecule has 2 aromatic carbocycles. The van der Waals surface area contributed by atoms with Crippen LogP contribution in [-0.2, 0) is 15.8 Å². The average molecular weight is 366 g/mol. The van der Waals surface area contributed by atoms with Gasteiger partial charge in [-0.05, 0) is 23.3 Å². The third kappa shape index (κ3) is 5.33. The van der Waals surface area contributed by atoms with E-state index in [9.17, 15) is 28.7 Å². The molecule has 0 saturated carbocycles. The van der Waals surface area contributed by atoms with Crippen LogP contribution in [0.4, 0.5) is 5.69 Å². The fourth-order valence-electron chi connectivity index (χ4n) is 2.29. The molecule has 25 heavy (non-hydrogen) atoms. The third-order valence-electron chi connectivity index (χ3n) is 3.55. The first-order chi connectivity index (χ1) is 11.8. The molecule has 0 radical (unpaired) electrons. The van der Waals surface area contributed by atoms with Crippen molar-refractivity contribution >= 4 is 15.7 Å². The number of sulfonamides is 1. The Balaban J connectivity index is 2.11. The normalized spacial score (nSPS) is 14.0. The monoisotopic (exact) mass is 366 g/mol. The average Bonchev–Trinajstić information content (AvgIpc) is 2.59. The van der Waals surface area contributed by atoms with Crippen molar-refractivity contribution in [2.75, 3.05) is 6.61 Å². The lowest BCUT2D eigenvalue weighted by Crippen LogP contribution is -2.42. The maximum atomic E-state index is 12.2. The quantitative estimate of drug-likeness (QED) is 0.474. The number of rotatable bonds is 8. The van der Waals surface area contributed by atoms with Crippen LogP contribution in [0.1, 0.15) is 17.2 Å². The molecular weight excluding hydrogens is 348 g/mol. The minimum atomic E-state index is -3.80. The van der Waals surface area contributed by atoms with E-state index in [1.54, 1.807) is 30.3 Å². The summed E-state index contributed by atoms with van der Waals surface area (Å²) >= 11 is 0. The van der Waals surface area contributed by atoms with Crippen molar-refractivity contribution in [2.45, 2.75) is 17.9 Å². The zero-order valence-electron chi connectivity index (χ0n) is 13.1. The fraction of sp³-hybridized carbons (Fsp3) is 0.250. The standard InChI is InChI=1S/C16H18N2O6S/c19-10-15(16(20)13-6-8-14(9-7-13)18(21)22)17-25(23,24)11-12-4-2-1-3-5-12/h1-9,15-17,19-20H,10-11H2. The van der Waals surface area contributed by atoms with Gasteiger partial charge < -0.3 is 10.2 Å². The molecule has 0 aromatic heterocycles. The van der Waals surface area contributed by atoms with Gasteiger partial charge in [-0.3, -0.25) is 10.1 Å². The highest BCUT2D eigenvalue weighted by molar-refractivity contribution is 7.88. The Morgan fingerprint density at radius 3 is 2.20 bits per heavy atom. The lowest BCUT2D eigenvalue weighted by molar-refractivity contribution is -0.384. The van der Waals surface area contributed by atoms with Crippen molar-refractivity contribution in [1.29, 1.82) is 0 Å². The highest BCUT2D eigenvalue weighted by Crippen LogP contribution is 2.21. The number of aliphatic hydroxyl groups excluding tert-OH is 2. The van der Waals surface area contributed by atoms with Crippen molar-refractivity contribution in [1.82, 2.24) is 4.72 Å². The number of nitrogens with zero attached hydrogens (tertiary/aromatic N) is 1. The van der Waals surface area contributed by atoms with Crippen LogP contribution < -0.4 is 4.72 Å². The molecule has 9 heteroatoms. The molecule has 2 unspecified atom stereocenters. The topological polar surface area (TPSA) is 130 Å². The molecule has 0 fully saturated rings. The highest BCUT2D eigenvalue weighted by Gasteiger charge is 2.26. The summed E-state index contributed by atoms with van der Waals surface area (Å²) < 4.78 is 26.7. The van der Waals surface area contributed by atoms with Gasteiger partial charge >= 0.3 is 0 Å². The van der Waals surface area contributed by atoms with Gasteiger partial charge in [0.05, 0.1) is 29.4 Å². The van der Waals surface area contributed by atoms with E-state index in [0.29, 0.717) is 5.56 Å². The summed E-state index contributed by atoms with van der Waals surface area (Å²) in [4.78, 5) is 10.1. The van der Waals surface area contributed by atoms with Crippen molar-refractivity contribution in [3.63, 3.8) is 0 Å². The lowest BCUT2D eigenvalue weighted by atomic mass is 10.0. The summed E-state index contributed by atoms with van der Waals surface area (Å²) in [6, 6.07) is 12.3. The Bertz CT molecular complexity index is 808. The van der Waals surface area contributed by atoms with Crippen LogP contribution in [0.25, 0.3) is 0 Å². The fourth-order valence-corrected chi connectivity index (χ4v) is 3.67. The predicted octanol–water partition coefficient (Wildman–Crippen LogP) is 1.11. The number of nitrogens with one attached hydrogen (secondary N) is 1. The SMILES string of the molecule is O=[N+]([O-])c1ccc(C(O)C(CO)NS(=O)(=O)Cc2ccccc2)cc1. The smallest absolute Gasteiger partial charge is 0.269 e. The Labute approximate surface area is 145 Å². The van der Waals surface area contributed by atoms with Crippen molar-refractivity contribution in [2.24, 2.45) is 0 Å². The molecule has 2 aromatic rings. The molecule has 0 aliphatic carbocycles. The van der Waals surface area contributed by atoms with Crippen LogP contribution in [-0.4, -0.2) is 36.2 Å². The molecule has 0 aliphatic rings. The zero-order chi connectivity index (χ0) is 18.4. The van der Waals surface area contributed by atoms with Gasteiger partial charge in [0.2, 0.25) is 10.0 Å². The molecular formula is C16H18N2O6S. The van der Waals surface area contributed by atoms with Gasteiger partial charge in [0.15, 0.2) is 0 Å². The largest absolute Gasteiger partial charge is 0.395 e. The first-order valence-corrected chi connectivity index (χ1v) is 9.05. The first kappa shape index (κ1) is 19.0. The Hall–Kier alpha value is -2.33. The van der Waals surface area contributed by atoms with Crippen molar-refractivity contribution in [3.8, 4) is 0 Å². The van der Waals surface area contributed by atoms with E-state index in [-0.39, 0.29) is 17.0 Å². The lowest BCUT2D eigenvalue weighted by Gasteiger charge is -2.22. The number of hydrogen-bond acceptors (Lipinski definition) is 6. The van der Waals surface area contributed by atoms with Crippen LogP contribution in [0.3, 0.4) is 0 Å². The summed E-state index contributed by atoms with van der Waals surface area (Å²) in [6.45, 7) is -0.633. The third-order valence-corrected chi connectivity index (χ3v) is 4.93. The van der Waals surface area contributed by atoms with Gasteiger partial charge in [-0.25, -0.2) is 13.1 Å². The molecule has 0 spiro atoms. The summed E-state index contributed by atoms with van der Waals surface area (Å²) in [6.07, 6.45) is -1.35. The minimum Gasteiger partial charge on any atom is -0.395 e. The number of hydrogen-bond donors (Lipinski definition) is 3. The number of nitro groups is 1. The molecule has 3 N–H and O–H groups in total. The maximum Gasteiger partial charge on any atom is 0.269 e. The number of aliphatic hydroxyl groups is 2. The van der Waals surface area contributed by atoms with Gasteiger partial charge in [0, 0.05) is 12.1 Å². The van der Waals surface area contributed by atoms with Crippen LogP contribution in [0.15, 0.2) is 54.6 Å². The van der Waals surface area contributed by atoms with Gasteiger partial charge in [-0.1, -0.05) is 30.3 Å². The number of nitro benzene ring substituents is 1. The molecule has 0 heterocycles. The van der Waals surface area contributed by atoms with Crippen molar-refractivity contribution in [3.05, 3.63) is 75.8 Å². The summed E-state index contributed by atoms with van der Waals surface area (Å²) in [5.74, 6) is -0.294. The van der Waals surface area contributed by atoms with E-state index < -0.39 is 33.7 Å². The number of non-ortho nitro benzene ring substituents is 1. The van der Waals surface area contributed by atoms with Gasteiger partial charge in [0.25, 0.3) is 5.69 Å². The van der Waals surface area contributed by atoms with E-state index >= 15 is 0 Å². The van der Waals surface area contributed by atoms with Crippen LogP contribution in [0.2, 0.25) is 0 Å². The van der Waals surface area contributed by atoms with E-state index in [0.717, 1.165) is 0 Å². The van der Waals surface area contributed by atoms with Gasteiger partial charge in [-0.2, -0.15) is 0 Å². The summed E-state index contributed by atoms with van der Waals surface area (Å²) in [5.41, 5.74) is 0.671. The maximum absolute atomic E-state index is 12.2. The van der Waals surface area contributed by atoms with Gasteiger partial charge in [-0.15, -0.1) is 0 Å². The predicted molar refractivity (Wildman–Crippen MR) is 91.1 cm³/mol. The second kappa shape index (κ2) is 8.17. The summed E-state index contributed by atoms with van der Waals surface area (Å²) in [7, 11) is -3.80. The van der Waals surface area contributed by atoms with E-state index in [1.165, 1.54) is 24.3 Å². The van der Waals surface area contributed by atoms with Crippen LogP contribution in [0, 0.1) is 10.1 Å². The highest BCUT2D eigenvalue weighted by atomic mass is 32.2. The zero-order valence-corrected chi connectivity index (χ0v) is 14.0. The van der Waals surface area contributed by atoms with Crippen LogP contribution >= 0.6 is 0 Å². The van der Waals surface area contributed by atoms with Gasteiger partial charge in [0.1, 0.15) is 0 Å². The Morgan fingerprint density at radius 2 is 1.68 bits per heavy atom. The summed E-state index contributed by atoms with van der Waals surface area (Å²) in [5, 5.41) is 30.4. The van der Waals surface area contributed by atoms with Crippen molar-refractivity contribution < 1.29 is 23.6 Å². The second-order valence-corrected chi connectivity index (χ2v) is 7.20. The van der Waals surface area contributed by atoms with E-state index in [2.05, 4.69) is 4.72 Å².